The zero-order chi connectivity index (χ0) is 22.3. The van der Waals surface area contributed by atoms with Gasteiger partial charge in [-0.25, -0.2) is 4.39 Å². The fourth-order valence-corrected chi connectivity index (χ4v) is 3.07. The Labute approximate surface area is 177 Å². The van der Waals surface area contributed by atoms with Crippen molar-refractivity contribution in [3.05, 3.63) is 83.7 Å². The minimum atomic E-state index is -4.75. The van der Waals surface area contributed by atoms with Crippen LogP contribution in [0.3, 0.4) is 0 Å². The monoisotopic (exact) mass is 432 g/mol. The standard InChI is InChI=1S/C24H20F4O3/c25-21-9-4-17(5-10-21)3-1-2-14-30-23-13-8-19(15-20(23)16-29)18-6-11-22(12-7-18)31-24(26,27)28/h4-13,15-16H,1-3,14H2. The number of hydrogen-bond donors (Lipinski definition) is 0. The Balaban J connectivity index is 1.55. The number of rotatable bonds is 9. The number of alkyl halides is 3. The number of carbonyl (C=O) groups excluding carboxylic acids is 1. The van der Waals surface area contributed by atoms with Gasteiger partial charge >= 0.3 is 6.36 Å². The molecular formula is C24H20F4O3. The maximum absolute atomic E-state index is 12.9. The van der Waals surface area contributed by atoms with Gasteiger partial charge in [0.15, 0.2) is 6.29 Å². The molecule has 0 N–H and O–H groups in total. The van der Waals surface area contributed by atoms with Crippen LogP contribution in [-0.4, -0.2) is 19.3 Å². The molecule has 0 saturated carbocycles. The van der Waals surface area contributed by atoms with Crippen molar-refractivity contribution in [3.8, 4) is 22.6 Å². The molecule has 3 aromatic carbocycles. The second-order valence-corrected chi connectivity index (χ2v) is 6.87. The van der Waals surface area contributed by atoms with Crippen LogP contribution in [0.1, 0.15) is 28.8 Å². The summed E-state index contributed by atoms with van der Waals surface area (Å²) < 4.78 is 59.3. The van der Waals surface area contributed by atoms with Gasteiger partial charge in [0.25, 0.3) is 0 Å². The lowest BCUT2D eigenvalue weighted by molar-refractivity contribution is -0.274. The molecule has 0 fully saturated rings. The second kappa shape index (κ2) is 10.1. The molecule has 0 saturated heterocycles. The summed E-state index contributed by atoms with van der Waals surface area (Å²) in [6, 6.07) is 16.8. The van der Waals surface area contributed by atoms with E-state index in [0.29, 0.717) is 35.3 Å². The van der Waals surface area contributed by atoms with Gasteiger partial charge < -0.3 is 9.47 Å². The van der Waals surface area contributed by atoms with Crippen LogP contribution in [0, 0.1) is 5.82 Å². The summed E-state index contributed by atoms with van der Waals surface area (Å²) in [5.41, 5.74) is 2.71. The summed E-state index contributed by atoms with van der Waals surface area (Å²) >= 11 is 0. The quantitative estimate of drug-likeness (QED) is 0.217. The minimum absolute atomic E-state index is 0.262. The highest BCUT2D eigenvalue weighted by Crippen LogP contribution is 2.29. The molecule has 0 bridgehead atoms. The van der Waals surface area contributed by atoms with Crippen molar-refractivity contribution >= 4 is 6.29 Å². The summed E-state index contributed by atoms with van der Waals surface area (Å²) in [5, 5.41) is 0. The van der Waals surface area contributed by atoms with Crippen LogP contribution in [0.5, 0.6) is 11.5 Å². The van der Waals surface area contributed by atoms with Gasteiger partial charge in [-0.15, -0.1) is 13.2 Å². The highest BCUT2D eigenvalue weighted by molar-refractivity contribution is 5.83. The summed E-state index contributed by atoms with van der Waals surface area (Å²) in [5.74, 6) is -0.132. The van der Waals surface area contributed by atoms with Gasteiger partial charge in [0, 0.05) is 0 Å². The molecule has 0 aliphatic rings. The Hall–Kier alpha value is -3.35. The fourth-order valence-electron chi connectivity index (χ4n) is 3.07. The average molecular weight is 432 g/mol. The maximum Gasteiger partial charge on any atom is 0.573 e. The van der Waals surface area contributed by atoms with Crippen molar-refractivity contribution in [1.29, 1.82) is 0 Å². The third-order valence-electron chi connectivity index (χ3n) is 4.59. The molecule has 0 aromatic heterocycles. The van der Waals surface area contributed by atoms with Crippen LogP contribution in [0.15, 0.2) is 66.7 Å². The van der Waals surface area contributed by atoms with Crippen LogP contribution in [0.4, 0.5) is 17.6 Å². The molecule has 3 nitrogen and oxygen atoms in total. The van der Waals surface area contributed by atoms with Gasteiger partial charge in [-0.2, -0.15) is 0 Å². The van der Waals surface area contributed by atoms with Gasteiger partial charge in [0.1, 0.15) is 17.3 Å². The smallest absolute Gasteiger partial charge is 0.493 e. The van der Waals surface area contributed by atoms with Crippen LogP contribution in [0.2, 0.25) is 0 Å². The lowest BCUT2D eigenvalue weighted by Gasteiger charge is -2.12. The van der Waals surface area contributed by atoms with E-state index < -0.39 is 6.36 Å². The summed E-state index contributed by atoms with van der Waals surface area (Å²) in [7, 11) is 0. The molecule has 0 heterocycles. The molecule has 0 spiro atoms. The van der Waals surface area contributed by atoms with E-state index in [9.17, 15) is 22.4 Å². The Bertz CT molecular complexity index is 997. The molecule has 0 aliphatic heterocycles. The lowest BCUT2D eigenvalue weighted by Crippen LogP contribution is -2.16. The molecule has 0 atom stereocenters. The third-order valence-corrected chi connectivity index (χ3v) is 4.59. The third kappa shape index (κ3) is 6.84. The lowest BCUT2D eigenvalue weighted by atomic mass is 10.0. The van der Waals surface area contributed by atoms with E-state index in [0.717, 1.165) is 24.8 Å². The van der Waals surface area contributed by atoms with E-state index in [2.05, 4.69) is 4.74 Å². The first-order valence-electron chi connectivity index (χ1n) is 9.67. The second-order valence-electron chi connectivity index (χ2n) is 6.87. The number of aryl methyl sites for hydroxylation is 1. The van der Waals surface area contributed by atoms with Crippen molar-refractivity contribution in [3.63, 3.8) is 0 Å². The maximum atomic E-state index is 12.9. The normalized spacial score (nSPS) is 11.2. The molecule has 3 rings (SSSR count). The Kier molecular flexibility index (Phi) is 7.28. The summed E-state index contributed by atoms with van der Waals surface area (Å²) in [4.78, 5) is 11.5. The van der Waals surface area contributed by atoms with Gasteiger partial charge in [-0.3, -0.25) is 4.79 Å². The zero-order valence-electron chi connectivity index (χ0n) is 16.5. The molecule has 0 radical (unpaired) electrons. The van der Waals surface area contributed by atoms with Crippen LogP contribution in [-0.2, 0) is 6.42 Å². The van der Waals surface area contributed by atoms with Crippen molar-refractivity contribution in [2.45, 2.75) is 25.6 Å². The fraction of sp³-hybridized carbons (Fsp3) is 0.208. The number of aldehydes is 1. The molecular weight excluding hydrogens is 412 g/mol. The molecule has 31 heavy (non-hydrogen) atoms. The number of carbonyl (C=O) groups is 1. The molecule has 0 unspecified atom stereocenters. The predicted molar refractivity (Wildman–Crippen MR) is 109 cm³/mol. The first-order valence-corrected chi connectivity index (χ1v) is 9.67. The number of hydrogen-bond acceptors (Lipinski definition) is 3. The number of ether oxygens (including phenoxy) is 2. The molecule has 0 aliphatic carbocycles. The van der Waals surface area contributed by atoms with Gasteiger partial charge in [0.2, 0.25) is 0 Å². The van der Waals surface area contributed by atoms with Crippen molar-refractivity contribution in [2.75, 3.05) is 6.61 Å². The van der Waals surface area contributed by atoms with E-state index in [1.54, 1.807) is 30.3 Å². The molecule has 7 heteroatoms. The van der Waals surface area contributed by atoms with E-state index in [1.807, 2.05) is 0 Å². The first-order chi connectivity index (χ1) is 14.8. The number of unbranched alkanes of at least 4 members (excludes halogenated alkanes) is 1. The number of halogens is 4. The minimum Gasteiger partial charge on any atom is -0.493 e. The van der Waals surface area contributed by atoms with Gasteiger partial charge in [0.05, 0.1) is 12.2 Å². The first kappa shape index (κ1) is 22.3. The Morgan fingerprint density at radius 1 is 0.839 bits per heavy atom. The van der Waals surface area contributed by atoms with Crippen LogP contribution in [0.25, 0.3) is 11.1 Å². The van der Waals surface area contributed by atoms with Crippen molar-refractivity contribution in [1.82, 2.24) is 0 Å². The van der Waals surface area contributed by atoms with Gasteiger partial charge in [-0.1, -0.05) is 30.3 Å². The highest BCUT2D eigenvalue weighted by atomic mass is 19.4. The van der Waals surface area contributed by atoms with E-state index in [-0.39, 0.29) is 11.6 Å². The predicted octanol–water partition coefficient (Wildman–Crippen LogP) is 6.61. The van der Waals surface area contributed by atoms with Crippen LogP contribution >= 0.6 is 0 Å². The highest BCUT2D eigenvalue weighted by Gasteiger charge is 2.30. The molecule has 162 valence electrons. The Morgan fingerprint density at radius 2 is 1.52 bits per heavy atom. The van der Waals surface area contributed by atoms with E-state index in [4.69, 9.17) is 4.74 Å². The Morgan fingerprint density at radius 3 is 2.16 bits per heavy atom. The van der Waals surface area contributed by atoms with E-state index in [1.165, 1.54) is 36.4 Å². The largest absolute Gasteiger partial charge is 0.573 e. The van der Waals surface area contributed by atoms with Crippen molar-refractivity contribution < 1.29 is 31.8 Å². The summed E-state index contributed by atoms with van der Waals surface area (Å²) in [6.07, 6.45) is -1.65. The summed E-state index contributed by atoms with van der Waals surface area (Å²) in [6.45, 7) is 0.421. The molecule has 0 amide bonds. The number of benzene rings is 3. The zero-order valence-corrected chi connectivity index (χ0v) is 16.5. The average Bonchev–Trinajstić information content (AvgIpc) is 2.74. The van der Waals surface area contributed by atoms with Crippen LogP contribution < -0.4 is 9.47 Å². The van der Waals surface area contributed by atoms with Crippen molar-refractivity contribution in [2.24, 2.45) is 0 Å². The topological polar surface area (TPSA) is 35.5 Å². The SMILES string of the molecule is O=Cc1cc(-c2ccc(OC(F)(F)F)cc2)ccc1OCCCCc1ccc(F)cc1. The van der Waals surface area contributed by atoms with E-state index >= 15 is 0 Å². The van der Waals surface area contributed by atoms with Gasteiger partial charge in [-0.05, 0) is 72.4 Å². The molecule has 3 aromatic rings.